The van der Waals surface area contributed by atoms with Crippen molar-refractivity contribution in [2.75, 3.05) is 0 Å². The molecule has 0 radical (unpaired) electrons. The van der Waals surface area contributed by atoms with Crippen LogP contribution in [-0.4, -0.2) is 34.0 Å². The molecule has 0 aromatic heterocycles. The van der Waals surface area contributed by atoms with Crippen LogP contribution in [-0.2, 0) is 0 Å². The van der Waals surface area contributed by atoms with E-state index in [1.54, 1.807) is 0 Å². The second kappa shape index (κ2) is 4.13. The molecule has 0 amide bonds. The van der Waals surface area contributed by atoms with Crippen molar-refractivity contribution >= 4 is 27.9 Å². The molecule has 0 saturated heterocycles. The summed E-state index contributed by atoms with van der Waals surface area (Å²) >= 11 is 1.31. The third kappa shape index (κ3) is 4.96. The third-order valence-electron chi connectivity index (χ3n) is 0.744. The summed E-state index contributed by atoms with van der Waals surface area (Å²) in [5, 5.41) is 0. The molecule has 0 bridgehead atoms. The van der Waals surface area contributed by atoms with Crippen LogP contribution in [0.25, 0.3) is 0 Å². The molecule has 1 unspecified atom stereocenters. The maximum absolute atomic E-state index is 5.43. The van der Waals surface area contributed by atoms with Gasteiger partial charge in [0.2, 0.25) is 0 Å². The van der Waals surface area contributed by atoms with Crippen molar-refractivity contribution in [2.45, 2.75) is 23.1 Å². The van der Waals surface area contributed by atoms with Crippen molar-refractivity contribution in [3.63, 3.8) is 0 Å². The molecule has 0 aliphatic heterocycles. The predicted molar refractivity (Wildman–Crippen MR) is 28.8 cm³/mol. The second-order valence-corrected chi connectivity index (χ2v) is 2.77. The molecule has 0 aromatic rings. The molecule has 2 N–H and O–H groups in total. The maximum atomic E-state index is 5.43. The average molecular weight is 95.1 g/mol. The van der Waals surface area contributed by atoms with Crippen molar-refractivity contribution in [1.82, 2.24) is 0 Å². The summed E-state index contributed by atoms with van der Waals surface area (Å²) in [6, 6.07) is 0.433. The standard InChI is InChI=1S/C4H10N.Na/c1-3-4(2)5;/h4H,1,3,5H2,2H3;. The normalized spacial score (nSPS) is 14.7. The van der Waals surface area contributed by atoms with E-state index in [2.05, 4.69) is 6.92 Å². The Morgan fingerprint density at radius 1 is 1.83 bits per heavy atom. The summed E-state index contributed by atoms with van der Waals surface area (Å²) in [6.07, 6.45) is 1.21. The van der Waals surface area contributed by atoms with Crippen LogP contribution in [0.2, 0.25) is 3.67 Å². The first kappa shape index (κ1) is 6.96. The van der Waals surface area contributed by atoms with Crippen LogP contribution < -0.4 is 5.73 Å². The number of hydrogen-bond donors (Lipinski definition) is 1. The van der Waals surface area contributed by atoms with Gasteiger partial charge in [0, 0.05) is 0 Å². The van der Waals surface area contributed by atoms with E-state index in [1.165, 1.54) is 38.0 Å². The van der Waals surface area contributed by atoms with Gasteiger partial charge in [-0.15, -0.1) is 0 Å². The van der Waals surface area contributed by atoms with E-state index in [1.807, 2.05) is 0 Å². The van der Waals surface area contributed by atoms with E-state index in [4.69, 9.17) is 5.73 Å². The molecule has 0 fully saturated rings. The fourth-order valence-corrected chi connectivity index (χ4v) is 1.37. The van der Waals surface area contributed by atoms with Crippen LogP contribution in [0.4, 0.5) is 0 Å². The van der Waals surface area contributed by atoms with Gasteiger partial charge in [0.05, 0.1) is 0 Å². The second-order valence-electron chi connectivity index (χ2n) is 1.77. The molecule has 1 nitrogen and oxygen atoms in total. The predicted octanol–water partition coefficient (Wildman–Crippen LogP) is 0.311. The molecule has 0 aliphatic carbocycles. The Morgan fingerprint density at radius 2 is 2.33 bits per heavy atom. The molecular weight excluding hydrogens is 85.0 g/mol. The van der Waals surface area contributed by atoms with Gasteiger partial charge >= 0.3 is 56.7 Å². The van der Waals surface area contributed by atoms with Gasteiger partial charge in [0.15, 0.2) is 0 Å². The molecule has 2 heteroatoms. The summed E-state index contributed by atoms with van der Waals surface area (Å²) in [5.74, 6) is 0. The first-order valence-corrected chi connectivity index (χ1v) is 3.94. The van der Waals surface area contributed by atoms with Crippen molar-refractivity contribution in [3.8, 4) is 0 Å². The summed E-state index contributed by atoms with van der Waals surface area (Å²) in [6.45, 7) is 2.05. The van der Waals surface area contributed by atoms with Gasteiger partial charge in [-0.3, -0.25) is 0 Å². The number of hydrogen-bond acceptors (Lipinski definition) is 1. The zero-order valence-electron chi connectivity index (χ0n) is 4.57. The van der Waals surface area contributed by atoms with E-state index >= 15 is 0 Å². The minimum absolute atomic E-state index is 0.433. The zero-order valence-corrected chi connectivity index (χ0v) is 6.57. The zero-order chi connectivity index (χ0) is 4.99. The van der Waals surface area contributed by atoms with Crippen molar-refractivity contribution < 1.29 is 0 Å². The van der Waals surface area contributed by atoms with E-state index in [0.717, 1.165) is 0 Å². The molecule has 0 rings (SSSR count). The van der Waals surface area contributed by atoms with Crippen LogP contribution in [0.5, 0.6) is 0 Å². The summed E-state index contributed by atoms with van der Waals surface area (Å²) in [5.41, 5.74) is 5.43. The molecule has 0 heterocycles. The molecule has 1 atom stereocenters. The molecule has 0 spiro atoms. The van der Waals surface area contributed by atoms with Gasteiger partial charge in [0.1, 0.15) is 0 Å². The SMILES string of the molecule is CC(N)C[CH2][Na]. The first-order valence-electron chi connectivity index (χ1n) is 2.53. The van der Waals surface area contributed by atoms with Crippen molar-refractivity contribution in [2.24, 2.45) is 5.73 Å². The van der Waals surface area contributed by atoms with Gasteiger partial charge in [-0.05, 0) is 0 Å². The van der Waals surface area contributed by atoms with Gasteiger partial charge in [-0.1, -0.05) is 0 Å². The summed E-state index contributed by atoms with van der Waals surface area (Å²) in [4.78, 5) is 0. The minimum atomic E-state index is 0.433. The topological polar surface area (TPSA) is 26.0 Å². The van der Waals surface area contributed by atoms with E-state index in [0.29, 0.717) is 6.04 Å². The van der Waals surface area contributed by atoms with Crippen LogP contribution >= 0.6 is 0 Å². The van der Waals surface area contributed by atoms with E-state index in [-0.39, 0.29) is 0 Å². The summed E-state index contributed by atoms with van der Waals surface area (Å²) in [7, 11) is 0. The van der Waals surface area contributed by atoms with Gasteiger partial charge in [-0.2, -0.15) is 0 Å². The number of rotatable bonds is 2. The Hall–Kier alpha value is 0.960. The molecular formula is C4H10NNa. The average Bonchev–Trinajstić information content (AvgIpc) is 1.35. The Bertz CT molecular complexity index is 28.7. The fraction of sp³-hybridized carbons (Fsp3) is 1.00. The monoisotopic (exact) mass is 95.1 g/mol. The Balaban J connectivity index is 2.63. The van der Waals surface area contributed by atoms with Crippen LogP contribution in [0.3, 0.4) is 0 Å². The summed E-state index contributed by atoms with van der Waals surface area (Å²) < 4.78 is 1.34. The van der Waals surface area contributed by atoms with Crippen molar-refractivity contribution in [1.29, 1.82) is 0 Å². The van der Waals surface area contributed by atoms with E-state index < -0.39 is 0 Å². The van der Waals surface area contributed by atoms with Crippen molar-refractivity contribution in [3.05, 3.63) is 0 Å². The van der Waals surface area contributed by atoms with Gasteiger partial charge in [0.25, 0.3) is 0 Å². The Kier molecular flexibility index (Phi) is 4.79. The Labute approximate surface area is 56.7 Å². The molecule has 32 valence electrons. The van der Waals surface area contributed by atoms with Crippen LogP contribution in [0, 0.1) is 0 Å². The fourth-order valence-electron chi connectivity index (χ4n) is 0.455. The van der Waals surface area contributed by atoms with E-state index in [9.17, 15) is 0 Å². The molecule has 0 saturated carbocycles. The Morgan fingerprint density at radius 3 is 2.33 bits per heavy atom. The third-order valence-corrected chi connectivity index (χ3v) is 1.32. The molecule has 6 heavy (non-hydrogen) atoms. The van der Waals surface area contributed by atoms with Crippen LogP contribution in [0.15, 0.2) is 0 Å². The van der Waals surface area contributed by atoms with Crippen LogP contribution in [0.1, 0.15) is 13.3 Å². The quantitative estimate of drug-likeness (QED) is 0.491. The van der Waals surface area contributed by atoms with Gasteiger partial charge < -0.3 is 0 Å². The molecule has 0 aliphatic rings. The number of nitrogens with two attached hydrogens (primary N) is 1. The van der Waals surface area contributed by atoms with Gasteiger partial charge in [-0.25, -0.2) is 0 Å². The first-order chi connectivity index (χ1) is 2.77. The molecule has 0 aromatic carbocycles.